The van der Waals surface area contributed by atoms with E-state index in [0.717, 1.165) is 11.1 Å². The number of benzene rings is 3. The lowest BCUT2D eigenvalue weighted by atomic mass is 9.89. The van der Waals surface area contributed by atoms with Gasteiger partial charge in [-0.3, -0.25) is 14.5 Å². The van der Waals surface area contributed by atoms with Gasteiger partial charge in [-0.2, -0.15) is 0 Å². The van der Waals surface area contributed by atoms with Crippen molar-refractivity contribution in [2.45, 2.75) is 25.9 Å². The van der Waals surface area contributed by atoms with Crippen LogP contribution in [0.25, 0.3) is 0 Å². The maximum absolute atomic E-state index is 12.8. The quantitative estimate of drug-likeness (QED) is 0.256. The van der Waals surface area contributed by atoms with Gasteiger partial charge in [0.2, 0.25) is 5.91 Å². The standard InChI is InChI=1S/C27H23ClN2O3S/c1-19(31)30(24-14-8-13-22(28)15-24)27-29-23(18-34-27)17-33-26(32)16-25(20-9-4-2-5-10-20)21-11-6-3-7-12-21/h2-15,18,25H,16-17H2,1H3. The van der Waals surface area contributed by atoms with E-state index in [4.69, 9.17) is 16.3 Å². The predicted octanol–water partition coefficient (Wildman–Crippen LogP) is 6.75. The molecule has 1 amide bonds. The van der Waals surface area contributed by atoms with Crippen molar-refractivity contribution >= 4 is 45.6 Å². The van der Waals surface area contributed by atoms with Gasteiger partial charge in [0.05, 0.1) is 17.8 Å². The van der Waals surface area contributed by atoms with Crippen LogP contribution in [0.5, 0.6) is 0 Å². The highest BCUT2D eigenvalue weighted by atomic mass is 35.5. The van der Waals surface area contributed by atoms with Gasteiger partial charge in [-0.25, -0.2) is 4.98 Å². The Bertz CT molecular complexity index is 1220. The van der Waals surface area contributed by atoms with Crippen LogP contribution in [0.4, 0.5) is 10.8 Å². The molecule has 1 aromatic heterocycles. The van der Waals surface area contributed by atoms with Gasteiger partial charge in [0.15, 0.2) is 5.13 Å². The largest absolute Gasteiger partial charge is 0.459 e. The molecule has 0 unspecified atom stereocenters. The maximum atomic E-state index is 12.8. The van der Waals surface area contributed by atoms with Crippen molar-refractivity contribution in [3.05, 3.63) is 112 Å². The molecule has 0 atom stereocenters. The second-order valence-corrected chi connectivity index (χ2v) is 8.97. The monoisotopic (exact) mass is 490 g/mol. The van der Waals surface area contributed by atoms with Gasteiger partial charge < -0.3 is 4.74 Å². The van der Waals surface area contributed by atoms with Crippen LogP contribution in [0.3, 0.4) is 0 Å². The number of ether oxygens (including phenoxy) is 1. The lowest BCUT2D eigenvalue weighted by Gasteiger charge is -2.18. The number of amides is 1. The number of hydrogen-bond donors (Lipinski definition) is 0. The van der Waals surface area contributed by atoms with Gasteiger partial charge in [-0.15, -0.1) is 11.3 Å². The van der Waals surface area contributed by atoms with Crippen LogP contribution in [0.2, 0.25) is 5.02 Å². The van der Waals surface area contributed by atoms with E-state index in [9.17, 15) is 9.59 Å². The van der Waals surface area contributed by atoms with Crippen LogP contribution in [-0.4, -0.2) is 16.9 Å². The fourth-order valence-electron chi connectivity index (χ4n) is 3.69. The molecule has 172 valence electrons. The third-order valence-corrected chi connectivity index (χ3v) is 6.38. The highest BCUT2D eigenvalue weighted by Crippen LogP contribution is 2.31. The summed E-state index contributed by atoms with van der Waals surface area (Å²) >= 11 is 7.39. The molecule has 0 aliphatic rings. The summed E-state index contributed by atoms with van der Waals surface area (Å²) in [6.07, 6.45) is 0.215. The highest BCUT2D eigenvalue weighted by Gasteiger charge is 2.21. The molecule has 0 N–H and O–H groups in total. The van der Waals surface area contributed by atoms with Gasteiger partial charge in [0.1, 0.15) is 6.61 Å². The summed E-state index contributed by atoms with van der Waals surface area (Å²) in [7, 11) is 0. The molecule has 0 spiro atoms. The second-order valence-electron chi connectivity index (χ2n) is 7.69. The van der Waals surface area contributed by atoms with Gasteiger partial charge in [-0.05, 0) is 29.3 Å². The summed E-state index contributed by atoms with van der Waals surface area (Å²) in [4.78, 5) is 31.0. The van der Waals surface area contributed by atoms with Crippen molar-refractivity contribution in [2.24, 2.45) is 0 Å². The average molecular weight is 491 g/mol. The lowest BCUT2D eigenvalue weighted by Crippen LogP contribution is -2.22. The fourth-order valence-corrected chi connectivity index (χ4v) is 4.74. The summed E-state index contributed by atoms with van der Waals surface area (Å²) < 4.78 is 5.56. The zero-order valence-electron chi connectivity index (χ0n) is 18.6. The predicted molar refractivity (Wildman–Crippen MR) is 136 cm³/mol. The van der Waals surface area contributed by atoms with Crippen molar-refractivity contribution in [1.82, 2.24) is 4.98 Å². The van der Waals surface area contributed by atoms with Crippen LogP contribution >= 0.6 is 22.9 Å². The Balaban J connectivity index is 1.44. The van der Waals surface area contributed by atoms with E-state index in [-0.39, 0.29) is 30.8 Å². The Labute approximate surface area is 207 Å². The molecule has 1 heterocycles. The number of anilines is 2. The zero-order chi connectivity index (χ0) is 23.9. The molecule has 4 aromatic rings. The number of carbonyl (C=O) groups excluding carboxylic acids is 2. The minimum atomic E-state index is -0.314. The SMILES string of the molecule is CC(=O)N(c1cccc(Cl)c1)c1nc(COC(=O)CC(c2ccccc2)c2ccccc2)cs1. The molecule has 0 fully saturated rings. The molecule has 5 nitrogen and oxygen atoms in total. The first-order valence-corrected chi connectivity index (χ1v) is 12.0. The molecular weight excluding hydrogens is 468 g/mol. The summed E-state index contributed by atoms with van der Waals surface area (Å²) in [5, 5.41) is 2.81. The first kappa shape index (κ1) is 23.7. The first-order valence-electron chi connectivity index (χ1n) is 10.8. The Morgan fingerprint density at radius 3 is 2.21 bits per heavy atom. The lowest BCUT2D eigenvalue weighted by molar-refractivity contribution is -0.145. The number of carbonyl (C=O) groups is 2. The van der Waals surface area contributed by atoms with E-state index in [2.05, 4.69) is 4.98 Å². The van der Waals surface area contributed by atoms with Gasteiger partial charge in [-0.1, -0.05) is 78.3 Å². The molecule has 0 saturated heterocycles. The van der Waals surface area contributed by atoms with Gasteiger partial charge in [0, 0.05) is 23.2 Å². The molecule has 0 bridgehead atoms. The second kappa shape index (κ2) is 11.1. The maximum Gasteiger partial charge on any atom is 0.307 e. The highest BCUT2D eigenvalue weighted by molar-refractivity contribution is 7.14. The summed E-state index contributed by atoms with van der Waals surface area (Å²) in [5.41, 5.74) is 3.32. The Kier molecular flexibility index (Phi) is 7.72. The van der Waals surface area contributed by atoms with E-state index < -0.39 is 0 Å². The van der Waals surface area contributed by atoms with E-state index in [1.54, 1.807) is 29.6 Å². The van der Waals surface area contributed by atoms with Crippen molar-refractivity contribution in [3.8, 4) is 0 Å². The minimum absolute atomic E-state index is 0.0346. The van der Waals surface area contributed by atoms with Crippen molar-refractivity contribution in [3.63, 3.8) is 0 Å². The van der Waals surface area contributed by atoms with E-state index >= 15 is 0 Å². The zero-order valence-corrected chi connectivity index (χ0v) is 20.1. The molecule has 0 aliphatic carbocycles. The van der Waals surface area contributed by atoms with Crippen molar-refractivity contribution < 1.29 is 14.3 Å². The van der Waals surface area contributed by atoms with Crippen LogP contribution in [-0.2, 0) is 20.9 Å². The Morgan fingerprint density at radius 1 is 0.971 bits per heavy atom. The molecule has 0 radical (unpaired) electrons. The normalized spacial score (nSPS) is 10.8. The molecular formula is C27H23ClN2O3S. The number of esters is 1. The van der Waals surface area contributed by atoms with E-state index in [0.29, 0.717) is 21.5 Å². The van der Waals surface area contributed by atoms with Crippen LogP contribution in [0.1, 0.15) is 36.1 Å². The smallest absolute Gasteiger partial charge is 0.307 e. The van der Waals surface area contributed by atoms with Crippen LogP contribution < -0.4 is 4.90 Å². The summed E-state index contributed by atoms with van der Waals surface area (Å²) in [5.74, 6) is -0.601. The van der Waals surface area contributed by atoms with E-state index in [1.807, 2.05) is 60.7 Å². The Morgan fingerprint density at radius 2 is 1.62 bits per heavy atom. The average Bonchev–Trinajstić information content (AvgIpc) is 3.30. The number of thiazole rings is 1. The Hall–Kier alpha value is -3.48. The van der Waals surface area contributed by atoms with Crippen molar-refractivity contribution in [1.29, 1.82) is 0 Å². The number of halogens is 1. The van der Waals surface area contributed by atoms with Gasteiger partial charge in [0.25, 0.3) is 0 Å². The summed E-state index contributed by atoms with van der Waals surface area (Å²) in [6, 6.07) is 26.9. The number of rotatable bonds is 8. The van der Waals surface area contributed by atoms with Gasteiger partial charge >= 0.3 is 5.97 Å². The summed E-state index contributed by atoms with van der Waals surface area (Å²) in [6.45, 7) is 1.50. The first-order chi connectivity index (χ1) is 16.5. The number of nitrogens with zero attached hydrogens (tertiary/aromatic N) is 2. The third kappa shape index (κ3) is 5.90. The molecule has 3 aromatic carbocycles. The van der Waals surface area contributed by atoms with Crippen molar-refractivity contribution in [2.75, 3.05) is 4.90 Å². The van der Waals surface area contributed by atoms with E-state index in [1.165, 1.54) is 23.2 Å². The number of aromatic nitrogens is 1. The van der Waals surface area contributed by atoms with Crippen LogP contribution in [0.15, 0.2) is 90.3 Å². The number of hydrogen-bond acceptors (Lipinski definition) is 5. The third-order valence-electron chi connectivity index (χ3n) is 5.27. The molecule has 7 heteroatoms. The molecule has 0 saturated carbocycles. The molecule has 4 rings (SSSR count). The topological polar surface area (TPSA) is 59.5 Å². The fraction of sp³-hybridized carbons (Fsp3) is 0.148. The minimum Gasteiger partial charge on any atom is -0.459 e. The molecule has 0 aliphatic heterocycles. The van der Waals surface area contributed by atoms with Crippen LogP contribution in [0, 0.1) is 0 Å². The molecule has 34 heavy (non-hydrogen) atoms.